The fourth-order valence-electron chi connectivity index (χ4n) is 1.79. The molecule has 1 aromatic heterocycles. The molecule has 0 saturated heterocycles. The van der Waals surface area contributed by atoms with Crippen molar-refractivity contribution in [2.45, 2.75) is 6.42 Å². The van der Waals surface area contributed by atoms with Crippen LogP contribution in [0.2, 0.25) is 5.02 Å². The molecule has 6 nitrogen and oxygen atoms in total. The van der Waals surface area contributed by atoms with E-state index in [2.05, 4.69) is 10.6 Å². The Morgan fingerprint density at radius 3 is 2.78 bits per heavy atom. The maximum atomic E-state index is 11.6. The Balaban J connectivity index is 1.56. The minimum atomic E-state index is -0.268. The summed E-state index contributed by atoms with van der Waals surface area (Å²) < 4.78 is 10.3. The lowest BCUT2D eigenvalue weighted by atomic mass is 10.3. The summed E-state index contributed by atoms with van der Waals surface area (Å²) in [7, 11) is 0. The number of carbonyl (C=O) groups excluding carboxylic acids is 2. The fraction of sp³-hybridized carbons (Fsp3) is 0.250. The third-order valence-electron chi connectivity index (χ3n) is 2.91. The van der Waals surface area contributed by atoms with E-state index in [1.54, 1.807) is 30.3 Å². The van der Waals surface area contributed by atoms with Crippen molar-refractivity contribution >= 4 is 23.4 Å². The number of hydrogen-bond acceptors (Lipinski definition) is 4. The first kappa shape index (κ1) is 16.9. The third kappa shape index (κ3) is 6.04. The van der Waals surface area contributed by atoms with Crippen LogP contribution in [-0.4, -0.2) is 31.5 Å². The summed E-state index contributed by atoms with van der Waals surface area (Å²) in [5, 5.41) is 5.94. The first-order valence-electron chi connectivity index (χ1n) is 7.10. The van der Waals surface area contributed by atoms with Crippen LogP contribution >= 0.6 is 11.6 Å². The van der Waals surface area contributed by atoms with Gasteiger partial charge in [0.2, 0.25) is 5.91 Å². The van der Waals surface area contributed by atoms with Crippen molar-refractivity contribution in [3.8, 4) is 5.75 Å². The molecule has 2 N–H and O–H groups in total. The van der Waals surface area contributed by atoms with Crippen molar-refractivity contribution in [3.05, 3.63) is 53.4 Å². The van der Waals surface area contributed by atoms with E-state index in [0.717, 1.165) is 0 Å². The number of nitrogens with one attached hydrogen (secondary N) is 2. The fourth-order valence-corrected chi connectivity index (χ4v) is 1.97. The van der Waals surface area contributed by atoms with E-state index in [-0.39, 0.29) is 24.8 Å². The molecule has 0 aliphatic heterocycles. The topological polar surface area (TPSA) is 80.6 Å². The highest BCUT2D eigenvalue weighted by atomic mass is 35.5. The zero-order valence-electron chi connectivity index (χ0n) is 12.4. The van der Waals surface area contributed by atoms with E-state index in [0.29, 0.717) is 29.5 Å². The highest BCUT2D eigenvalue weighted by molar-refractivity contribution is 6.30. The van der Waals surface area contributed by atoms with Gasteiger partial charge in [0.05, 0.1) is 18.4 Å². The smallest absolute Gasteiger partial charge is 0.254 e. The van der Waals surface area contributed by atoms with Crippen LogP contribution in [-0.2, 0) is 4.79 Å². The van der Waals surface area contributed by atoms with Gasteiger partial charge in [-0.25, -0.2) is 0 Å². The van der Waals surface area contributed by atoms with Crippen LogP contribution < -0.4 is 15.4 Å². The second-order valence-electron chi connectivity index (χ2n) is 4.67. The molecule has 0 saturated carbocycles. The van der Waals surface area contributed by atoms with E-state index in [9.17, 15) is 9.59 Å². The number of benzene rings is 1. The molecule has 0 atom stereocenters. The number of furan rings is 1. The van der Waals surface area contributed by atoms with Gasteiger partial charge in [-0.15, -0.1) is 0 Å². The maximum absolute atomic E-state index is 11.6. The molecule has 0 bridgehead atoms. The molecular weight excluding hydrogens is 320 g/mol. The summed E-state index contributed by atoms with van der Waals surface area (Å²) in [6.45, 7) is 0.972. The van der Waals surface area contributed by atoms with E-state index in [4.69, 9.17) is 20.8 Å². The molecule has 2 rings (SSSR count). The summed E-state index contributed by atoms with van der Waals surface area (Å²) in [5.74, 6) is 0.224. The van der Waals surface area contributed by atoms with Crippen LogP contribution in [0.25, 0.3) is 0 Å². The number of ether oxygens (including phenoxy) is 1. The molecule has 122 valence electrons. The van der Waals surface area contributed by atoms with Crippen molar-refractivity contribution in [2.75, 3.05) is 19.7 Å². The molecule has 23 heavy (non-hydrogen) atoms. The molecule has 0 aliphatic carbocycles. The van der Waals surface area contributed by atoms with Crippen molar-refractivity contribution < 1.29 is 18.7 Å². The summed E-state index contributed by atoms with van der Waals surface area (Å²) in [6.07, 6.45) is 2.96. The number of rotatable bonds is 8. The number of carbonyl (C=O) groups is 2. The van der Waals surface area contributed by atoms with Gasteiger partial charge < -0.3 is 19.8 Å². The Labute approximate surface area is 138 Å². The van der Waals surface area contributed by atoms with E-state index in [1.165, 1.54) is 12.5 Å². The van der Waals surface area contributed by atoms with Gasteiger partial charge in [-0.3, -0.25) is 9.59 Å². The van der Waals surface area contributed by atoms with Gasteiger partial charge in [0.25, 0.3) is 5.91 Å². The van der Waals surface area contributed by atoms with Crippen LogP contribution in [0.4, 0.5) is 0 Å². The molecule has 0 aliphatic rings. The van der Waals surface area contributed by atoms with E-state index >= 15 is 0 Å². The SMILES string of the molecule is O=C(CCNC(=O)c1ccoc1)NCCOc1cccc(Cl)c1. The van der Waals surface area contributed by atoms with Crippen LogP contribution in [0.15, 0.2) is 47.3 Å². The Hall–Kier alpha value is -2.47. The van der Waals surface area contributed by atoms with Crippen LogP contribution in [0.5, 0.6) is 5.75 Å². The summed E-state index contributed by atoms with van der Waals surface area (Å²) in [6, 6.07) is 8.60. The monoisotopic (exact) mass is 336 g/mol. The van der Waals surface area contributed by atoms with Crippen LogP contribution in [0.3, 0.4) is 0 Å². The average molecular weight is 337 g/mol. The molecule has 2 amide bonds. The number of halogens is 1. The predicted octanol–water partition coefficient (Wildman–Crippen LogP) is 2.25. The highest BCUT2D eigenvalue weighted by Crippen LogP contribution is 2.16. The first-order valence-corrected chi connectivity index (χ1v) is 7.48. The minimum Gasteiger partial charge on any atom is -0.492 e. The van der Waals surface area contributed by atoms with Gasteiger partial charge in [-0.2, -0.15) is 0 Å². The van der Waals surface area contributed by atoms with Crippen molar-refractivity contribution in [1.29, 1.82) is 0 Å². The second-order valence-corrected chi connectivity index (χ2v) is 5.11. The Morgan fingerprint density at radius 1 is 1.17 bits per heavy atom. The quantitative estimate of drug-likeness (QED) is 0.724. The predicted molar refractivity (Wildman–Crippen MR) is 85.6 cm³/mol. The van der Waals surface area contributed by atoms with Gasteiger partial charge in [-0.1, -0.05) is 17.7 Å². The highest BCUT2D eigenvalue weighted by Gasteiger charge is 2.07. The van der Waals surface area contributed by atoms with Crippen molar-refractivity contribution in [2.24, 2.45) is 0 Å². The standard InChI is InChI=1S/C16H17ClN2O4/c17-13-2-1-3-14(10-13)23-9-7-18-15(20)4-6-19-16(21)12-5-8-22-11-12/h1-3,5,8,10-11H,4,6-7,9H2,(H,18,20)(H,19,21). The number of hydrogen-bond donors (Lipinski definition) is 2. The lowest BCUT2D eigenvalue weighted by molar-refractivity contribution is -0.121. The second kappa shape index (κ2) is 8.85. The largest absolute Gasteiger partial charge is 0.492 e. The summed E-state index contributed by atoms with van der Waals surface area (Å²) >= 11 is 5.84. The molecule has 0 unspecified atom stereocenters. The van der Waals surface area contributed by atoms with E-state index < -0.39 is 0 Å². The minimum absolute atomic E-state index is 0.160. The molecule has 1 heterocycles. The molecule has 7 heteroatoms. The van der Waals surface area contributed by atoms with E-state index in [1.807, 2.05) is 0 Å². The Morgan fingerprint density at radius 2 is 2.04 bits per heavy atom. The molecular formula is C16H17ClN2O4. The van der Waals surface area contributed by atoms with Gasteiger partial charge in [0.15, 0.2) is 0 Å². The molecule has 0 spiro atoms. The molecule has 0 fully saturated rings. The van der Waals surface area contributed by atoms with Crippen molar-refractivity contribution in [1.82, 2.24) is 10.6 Å². The third-order valence-corrected chi connectivity index (χ3v) is 3.15. The lowest BCUT2D eigenvalue weighted by Crippen LogP contribution is -2.32. The van der Waals surface area contributed by atoms with Gasteiger partial charge in [0, 0.05) is 18.0 Å². The maximum Gasteiger partial charge on any atom is 0.254 e. The van der Waals surface area contributed by atoms with Gasteiger partial charge >= 0.3 is 0 Å². The van der Waals surface area contributed by atoms with Gasteiger partial charge in [0.1, 0.15) is 18.6 Å². The van der Waals surface area contributed by atoms with Crippen LogP contribution in [0.1, 0.15) is 16.8 Å². The van der Waals surface area contributed by atoms with Gasteiger partial charge in [-0.05, 0) is 24.3 Å². The normalized spacial score (nSPS) is 10.1. The Bertz CT molecular complexity index is 643. The first-order chi connectivity index (χ1) is 11.1. The summed E-state index contributed by atoms with van der Waals surface area (Å²) in [4.78, 5) is 23.2. The molecule has 1 aromatic carbocycles. The van der Waals surface area contributed by atoms with Crippen molar-refractivity contribution in [3.63, 3.8) is 0 Å². The average Bonchev–Trinajstić information content (AvgIpc) is 3.06. The zero-order valence-corrected chi connectivity index (χ0v) is 13.1. The summed E-state index contributed by atoms with van der Waals surface area (Å²) in [5.41, 5.74) is 0.431. The molecule has 0 radical (unpaired) electrons. The Kier molecular flexibility index (Phi) is 6.50. The van der Waals surface area contributed by atoms with Crippen LogP contribution in [0, 0.1) is 0 Å². The lowest BCUT2D eigenvalue weighted by Gasteiger charge is -2.08. The molecule has 2 aromatic rings. The number of amides is 2. The zero-order chi connectivity index (χ0) is 16.5.